The van der Waals surface area contributed by atoms with Gasteiger partial charge in [0.25, 0.3) is 0 Å². The minimum Gasteiger partial charge on any atom is -0.384 e. The molecule has 0 radical (unpaired) electrons. The Bertz CT molecular complexity index is 671. The van der Waals surface area contributed by atoms with E-state index in [0.717, 1.165) is 0 Å². The van der Waals surface area contributed by atoms with Crippen LogP contribution in [0.1, 0.15) is 29.5 Å². The van der Waals surface area contributed by atoms with E-state index in [1.165, 1.54) is 26.2 Å². The molecule has 0 saturated heterocycles. The number of sulfonamides is 1. The molecule has 0 aromatic heterocycles. The van der Waals surface area contributed by atoms with Crippen LogP contribution in [0.15, 0.2) is 18.2 Å². The zero-order chi connectivity index (χ0) is 15.3. The minimum atomic E-state index is -3.77. The second-order valence-corrected chi connectivity index (χ2v) is 6.30. The average Bonchev–Trinajstić information content (AvgIpc) is 2.42. The van der Waals surface area contributed by atoms with Gasteiger partial charge in [0.2, 0.25) is 10.0 Å². The highest BCUT2D eigenvalue weighted by atomic mass is 32.2. The van der Waals surface area contributed by atoms with Gasteiger partial charge in [-0.05, 0) is 24.6 Å². The summed E-state index contributed by atoms with van der Waals surface area (Å²) in [7, 11) is -2.32. The van der Waals surface area contributed by atoms with Crippen molar-refractivity contribution in [2.24, 2.45) is 5.14 Å². The van der Waals surface area contributed by atoms with Gasteiger partial charge in [0, 0.05) is 13.0 Å². The van der Waals surface area contributed by atoms with Crippen LogP contribution in [0.5, 0.6) is 0 Å². The number of primary sulfonamides is 1. The summed E-state index contributed by atoms with van der Waals surface area (Å²) in [6.07, 6.45) is 0. The summed E-state index contributed by atoms with van der Waals surface area (Å²) in [5, 5.41) is 22.3. The van der Waals surface area contributed by atoms with E-state index in [4.69, 9.17) is 20.4 Å². The van der Waals surface area contributed by atoms with Crippen LogP contribution in [0.3, 0.4) is 0 Å². The van der Waals surface area contributed by atoms with Gasteiger partial charge in [-0.3, -0.25) is 0 Å². The first-order valence-corrected chi connectivity index (χ1v) is 7.40. The third kappa shape index (κ3) is 3.55. The fourth-order valence-corrected chi connectivity index (χ4v) is 2.62. The topological polar surface area (TPSA) is 117 Å². The lowest BCUT2D eigenvalue weighted by Crippen LogP contribution is -2.33. The van der Waals surface area contributed by atoms with Crippen LogP contribution in [0, 0.1) is 22.7 Å². The van der Waals surface area contributed by atoms with Gasteiger partial charge in [0.15, 0.2) is 0 Å². The number of nitrogens with zero attached hydrogens (tertiary/aromatic N) is 2. The Kier molecular flexibility index (Phi) is 5.23. The molecule has 0 unspecified atom stereocenters. The Hall–Kier alpha value is -1.93. The third-order valence-corrected chi connectivity index (χ3v) is 4.50. The van der Waals surface area contributed by atoms with Crippen LogP contribution >= 0.6 is 0 Å². The molecule has 0 heterocycles. The fourth-order valence-electron chi connectivity index (χ4n) is 1.93. The third-order valence-electron chi connectivity index (χ3n) is 3.13. The van der Waals surface area contributed by atoms with E-state index in [-0.39, 0.29) is 12.2 Å². The van der Waals surface area contributed by atoms with E-state index < -0.39 is 21.2 Å². The van der Waals surface area contributed by atoms with Crippen LogP contribution in [-0.4, -0.2) is 27.4 Å². The molecule has 0 saturated carbocycles. The van der Waals surface area contributed by atoms with E-state index in [2.05, 4.69) is 0 Å². The summed E-state index contributed by atoms with van der Waals surface area (Å²) in [4.78, 5) is 0. The molecular formula is C13H15N3O3S. The van der Waals surface area contributed by atoms with Crippen molar-refractivity contribution in [3.63, 3.8) is 0 Å². The SMILES string of the molecule is COC[C@@H](c1ccc(C#N)cc1C#N)[C@H](C)S(N)(=O)=O. The Labute approximate surface area is 118 Å². The molecule has 1 aromatic rings. The molecule has 0 aliphatic heterocycles. The number of nitriles is 2. The summed E-state index contributed by atoms with van der Waals surface area (Å²) in [6.45, 7) is 1.58. The van der Waals surface area contributed by atoms with Gasteiger partial charge in [0.05, 0.1) is 35.1 Å². The summed E-state index contributed by atoms with van der Waals surface area (Å²) in [5.41, 5.74) is 1.10. The van der Waals surface area contributed by atoms with Crippen LogP contribution in [0.25, 0.3) is 0 Å². The Morgan fingerprint density at radius 2 is 2.00 bits per heavy atom. The van der Waals surface area contributed by atoms with E-state index in [1.54, 1.807) is 6.07 Å². The van der Waals surface area contributed by atoms with Gasteiger partial charge in [-0.25, -0.2) is 13.6 Å². The normalized spacial score (nSPS) is 14.1. The molecule has 0 bridgehead atoms. The molecule has 0 fully saturated rings. The lowest BCUT2D eigenvalue weighted by molar-refractivity contribution is 0.178. The smallest absolute Gasteiger partial charge is 0.212 e. The first-order chi connectivity index (χ1) is 9.35. The highest BCUT2D eigenvalue weighted by Crippen LogP contribution is 2.27. The highest BCUT2D eigenvalue weighted by molar-refractivity contribution is 7.89. The molecule has 0 amide bonds. The molecular weight excluding hydrogens is 278 g/mol. The van der Waals surface area contributed by atoms with Crippen LogP contribution < -0.4 is 5.14 Å². The minimum absolute atomic E-state index is 0.109. The lowest BCUT2D eigenvalue weighted by Gasteiger charge is -2.23. The zero-order valence-corrected chi connectivity index (χ0v) is 12.0. The number of methoxy groups -OCH3 is 1. The number of benzene rings is 1. The maximum Gasteiger partial charge on any atom is 0.212 e. The van der Waals surface area contributed by atoms with E-state index in [0.29, 0.717) is 11.1 Å². The second-order valence-electron chi connectivity index (χ2n) is 4.38. The number of hydrogen-bond acceptors (Lipinski definition) is 5. The summed E-state index contributed by atoms with van der Waals surface area (Å²) < 4.78 is 28.1. The standard InChI is InChI=1S/C13H15N3O3S/c1-9(20(16,17)18)13(8-19-2)12-4-3-10(6-14)5-11(12)7-15/h3-5,9,13H,8H2,1-2H3,(H2,16,17,18)/t9-,13+/m0/s1. The summed E-state index contributed by atoms with van der Waals surface area (Å²) in [5.74, 6) is -0.572. The Morgan fingerprint density at radius 3 is 2.45 bits per heavy atom. The molecule has 6 nitrogen and oxygen atoms in total. The first kappa shape index (κ1) is 16.1. The molecule has 7 heteroatoms. The number of nitrogens with two attached hydrogens (primary N) is 1. The predicted molar refractivity (Wildman–Crippen MR) is 73.1 cm³/mol. The fraction of sp³-hybridized carbons (Fsp3) is 0.385. The van der Waals surface area contributed by atoms with E-state index in [9.17, 15) is 8.42 Å². The number of hydrogen-bond donors (Lipinski definition) is 1. The van der Waals surface area contributed by atoms with Crippen molar-refractivity contribution in [2.75, 3.05) is 13.7 Å². The number of ether oxygens (including phenoxy) is 1. The van der Waals surface area contributed by atoms with Gasteiger partial charge in [0.1, 0.15) is 0 Å². The molecule has 0 aliphatic rings. The van der Waals surface area contributed by atoms with Gasteiger partial charge in [-0.2, -0.15) is 10.5 Å². The van der Waals surface area contributed by atoms with E-state index in [1.807, 2.05) is 12.1 Å². The number of rotatable bonds is 5. The zero-order valence-electron chi connectivity index (χ0n) is 11.2. The van der Waals surface area contributed by atoms with Gasteiger partial charge >= 0.3 is 0 Å². The van der Waals surface area contributed by atoms with Crippen molar-refractivity contribution in [3.8, 4) is 12.1 Å². The van der Waals surface area contributed by atoms with Crippen molar-refractivity contribution in [1.82, 2.24) is 0 Å². The molecule has 106 valence electrons. The monoisotopic (exact) mass is 293 g/mol. The van der Waals surface area contributed by atoms with Crippen LogP contribution in [-0.2, 0) is 14.8 Å². The van der Waals surface area contributed by atoms with Crippen molar-refractivity contribution in [3.05, 3.63) is 34.9 Å². The van der Waals surface area contributed by atoms with Crippen molar-refractivity contribution >= 4 is 10.0 Å². The Balaban J connectivity index is 3.37. The summed E-state index contributed by atoms with van der Waals surface area (Å²) >= 11 is 0. The second kappa shape index (κ2) is 6.49. The highest BCUT2D eigenvalue weighted by Gasteiger charge is 2.29. The molecule has 0 aliphatic carbocycles. The molecule has 20 heavy (non-hydrogen) atoms. The summed E-state index contributed by atoms with van der Waals surface area (Å²) in [6, 6.07) is 8.44. The van der Waals surface area contributed by atoms with Crippen molar-refractivity contribution < 1.29 is 13.2 Å². The molecule has 1 rings (SSSR count). The van der Waals surface area contributed by atoms with Crippen molar-refractivity contribution in [2.45, 2.75) is 18.1 Å². The maximum atomic E-state index is 11.5. The first-order valence-electron chi connectivity index (χ1n) is 5.79. The molecule has 2 atom stereocenters. The van der Waals surface area contributed by atoms with Crippen LogP contribution in [0.4, 0.5) is 0 Å². The van der Waals surface area contributed by atoms with Crippen molar-refractivity contribution in [1.29, 1.82) is 10.5 Å². The average molecular weight is 293 g/mol. The van der Waals surface area contributed by atoms with Crippen LogP contribution in [0.2, 0.25) is 0 Å². The Morgan fingerprint density at radius 1 is 1.35 bits per heavy atom. The molecule has 1 aromatic carbocycles. The molecule has 2 N–H and O–H groups in total. The van der Waals surface area contributed by atoms with Gasteiger partial charge in [-0.15, -0.1) is 0 Å². The largest absolute Gasteiger partial charge is 0.384 e. The quantitative estimate of drug-likeness (QED) is 0.863. The lowest BCUT2D eigenvalue weighted by atomic mass is 9.91. The maximum absolute atomic E-state index is 11.5. The molecule has 0 spiro atoms. The van der Waals surface area contributed by atoms with Gasteiger partial charge < -0.3 is 4.74 Å². The van der Waals surface area contributed by atoms with Gasteiger partial charge in [-0.1, -0.05) is 6.07 Å². The predicted octanol–water partition coefficient (Wildman–Crippen LogP) is 0.837. The van der Waals surface area contributed by atoms with E-state index >= 15 is 0 Å².